The van der Waals surface area contributed by atoms with Crippen LogP contribution in [0.4, 0.5) is 0 Å². The van der Waals surface area contributed by atoms with Crippen molar-refractivity contribution in [1.29, 1.82) is 0 Å². The zero-order chi connectivity index (χ0) is 12.3. The van der Waals surface area contributed by atoms with Crippen LogP contribution >= 0.6 is 0 Å². The molecule has 17 heavy (non-hydrogen) atoms. The van der Waals surface area contributed by atoms with Crippen LogP contribution in [-0.4, -0.2) is 23.3 Å². The van der Waals surface area contributed by atoms with E-state index in [0.29, 0.717) is 11.7 Å². The second kappa shape index (κ2) is 5.14. The van der Waals surface area contributed by atoms with E-state index in [1.54, 1.807) is 7.11 Å². The van der Waals surface area contributed by atoms with Gasteiger partial charge < -0.3 is 15.0 Å². The third kappa shape index (κ3) is 2.66. The molecule has 1 aromatic rings. The Bertz CT molecular complexity index is 353. The van der Waals surface area contributed by atoms with Crippen molar-refractivity contribution in [3.63, 3.8) is 0 Å². The Morgan fingerprint density at radius 3 is 2.82 bits per heavy atom. The minimum atomic E-state index is -0.275. The number of nitrogens with zero attached hydrogens (tertiary/aromatic N) is 2. The quantitative estimate of drug-likeness (QED) is 0.818. The van der Waals surface area contributed by atoms with Crippen molar-refractivity contribution in [1.82, 2.24) is 10.1 Å². The van der Waals surface area contributed by atoms with Crippen LogP contribution in [0.2, 0.25) is 0 Å². The lowest BCUT2D eigenvalue weighted by molar-refractivity contribution is -0.0858. The lowest BCUT2D eigenvalue weighted by Crippen LogP contribution is -2.37. The van der Waals surface area contributed by atoms with Crippen LogP contribution in [0.1, 0.15) is 50.7 Å². The normalized spacial score (nSPS) is 19.9. The van der Waals surface area contributed by atoms with E-state index in [4.69, 9.17) is 15.0 Å². The van der Waals surface area contributed by atoms with Gasteiger partial charge in [0.2, 0.25) is 11.7 Å². The van der Waals surface area contributed by atoms with E-state index in [1.807, 2.05) is 6.92 Å². The second-order valence-corrected chi connectivity index (χ2v) is 4.93. The first-order chi connectivity index (χ1) is 8.16. The fraction of sp³-hybridized carbons (Fsp3) is 0.833. The van der Waals surface area contributed by atoms with Gasteiger partial charge in [0.15, 0.2) is 0 Å². The molecule has 1 atom stereocenters. The van der Waals surface area contributed by atoms with Crippen molar-refractivity contribution in [2.75, 3.05) is 7.11 Å². The molecule has 2 rings (SSSR count). The van der Waals surface area contributed by atoms with Gasteiger partial charge in [-0.05, 0) is 39.0 Å². The molecule has 1 unspecified atom stereocenters. The van der Waals surface area contributed by atoms with Gasteiger partial charge in [0.25, 0.3) is 0 Å². The van der Waals surface area contributed by atoms with Crippen molar-refractivity contribution < 1.29 is 9.26 Å². The maximum atomic E-state index is 5.70. The third-order valence-corrected chi connectivity index (χ3v) is 3.48. The molecule has 2 N–H and O–H groups in total. The maximum absolute atomic E-state index is 5.70. The smallest absolute Gasteiger partial charge is 0.226 e. The Balaban J connectivity index is 1.91. The van der Waals surface area contributed by atoms with Gasteiger partial charge in [-0.1, -0.05) is 5.16 Å². The zero-order valence-corrected chi connectivity index (χ0v) is 10.6. The van der Waals surface area contributed by atoms with E-state index in [2.05, 4.69) is 10.1 Å². The van der Waals surface area contributed by atoms with Crippen LogP contribution in [0.15, 0.2) is 4.52 Å². The Morgan fingerprint density at radius 2 is 2.29 bits per heavy atom. The highest BCUT2D eigenvalue weighted by Gasteiger charge is 2.43. The summed E-state index contributed by atoms with van der Waals surface area (Å²) in [7, 11) is 1.71. The highest BCUT2D eigenvalue weighted by atomic mass is 16.5. The molecule has 0 aliphatic heterocycles. The molecular formula is C12H21N3O2. The van der Waals surface area contributed by atoms with Crippen molar-refractivity contribution in [3.05, 3.63) is 11.7 Å². The molecule has 1 fully saturated rings. The number of methoxy groups -OCH3 is 1. The first-order valence-electron chi connectivity index (χ1n) is 6.30. The number of rotatable bonds is 6. The Morgan fingerprint density at radius 1 is 1.53 bits per heavy atom. The van der Waals surface area contributed by atoms with Gasteiger partial charge in [0.05, 0.1) is 0 Å². The van der Waals surface area contributed by atoms with Gasteiger partial charge in [-0.2, -0.15) is 4.98 Å². The van der Waals surface area contributed by atoms with Gasteiger partial charge in [-0.15, -0.1) is 0 Å². The van der Waals surface area contributed by atoms with E-state index >= 15 is 0 Å². The predicted molar refractivity (Wildman–Crippen MR) is 63.4 cm³/mol. The average Bonchev–Trinajstić information content (AvgIpc) is 2.66. The first kappa shape index (κ1) is 12.5. The maximum Gasteiger partial charge on any atom is 0.226 e. The van der Waals surface area contributed by atoms with E-state index in [9.17, 15) is 0 Å². The molecule has 1 aromatic heterocycles. The lowest BCUT2D eigenvalue weighted by Gasteiger charge is -2.37. The Hall–Kier alpha value is -0.940. The molecule has 5 heteroatoms. The summed E-state index contributed by atoms with van der Waals surface area (Å²) >= 11 is 0. The van der Waals surface area contributed by atoms with Crippen molar-refractivity contribution in [3.8, 4) is 0 Å². The summed E-state index contributed by atoms with van der Waals surface area (Å²) in [6.07, 6.45) is 5.91. The molecular weight excluding hydrogens is 218 g/mol. The van der Waals surface area contributed by atoms with Gasteiger partial charge in [0, 0.05) is 19.6 Å². The second-order valence-electron chi connectivity index (χ2n) is 4.93. The Labute approximate surface area is 102 Å². The molecule has 1 aliphatic rings. The summed E-state index contributed by atoms with van der Waals surface area (Å²) < 4.78 is 10.8. The SMILES string of the molecule is COC1(c2noc(CCCC(C)N)n2)CCC1. The molecule has 0 amide bonds. The van der Waals surface area contributed by atoms with Gasteiger partial charge >= 0.3 is 0 Å². The molecule has 0 aromatic carbocycles. The lowest BCUT2D eigenvalue weighted by atomic mass is 9.79. The largest absolute Gasteiger partial charge is 0.370 e. The van der Waals surface area contributed by atoms with Crippen molar-refractivity contribution >= 4 is 0 Å². The monoisotopic (exact) mass is 239 g/mol. The number of hydrogen-bond donors (Lipinski definition) is 1. The fourth-order valence-corrected chi connectivity index (χ4v) is 2.13. The zero-order valence-electron chi connectivity index (χ0n) is 10.6. The minimum absolute atomic E-state index is 0.231. The highest BCUT2D eigenvalue weighted by Crippen LogP contribution is 2.42. The number of hydrogen-bond acceptors (Lipinski definition) is 5. The highest BCUT2D eigenvalue weighted by molar-refractivity contribution is 5.06. The van der Waals surface area contributed by atoms with E-state index < -0.39 is 0 Å². The molecule has 1 heterocycles. The van der Waals surface area contributed by atoms with Gasteiger partial charge in [0.1, 0.15) is 5.60 Å². The summed E-state index contributed by atoms with van der Waals surface area (Å²) in [5, 5.41) is 4.04. The molecule has 0 bridgehead atoms. The predicted octanol–water partition coefficient (Wildman–Crippen LogP) is 1.77. The van der Waals surface area contributed by atoms with Crippen LogP contribution in [0, 0.1) is 0 Å². The molecule has 5 nitrogen and oxygen atoms in total. The molecule has 0 spiro atoms. The topological polar surface area (TPSA) is 74.2 Å². The van der Waals surface area contributed by atoms with E-state index in [-0.39, 0.29) is 11.6 Å². The number of ether oxygens (including phenoxy) is 1. The third-order valence-electron chi connectivity index (χ3n) is 3.48. The number of aryl methyl sites for hydroxylation is 1. The number of aromatic nitrogens is 2. The van der Waals surface area contributed by atoms with Crippen molar-refractivity contribution in [2.45, 2.75) is 57.1 Å². The molecule has 1 aliphatic carbocycles. The molecule has 1 saturated carbocycles. The Kier molecular flexibility index (Phi) is 3.79. The van der Waals surface area contributed by atoms with Crippen LogP contribution in [0.3, 0.4) is 0 Å². The van der Waals surface area contributed by atoms with E-state index in [0.717, 1.165) is 32.1 Å². The summed E-state index contributed by atoms with van der Waals surface area (Å²) in [4.78, 5) is 4.43. The van der Waals surface area contributed by atoms with Crippen molar-refractivity contribution in [2.24, 2.45) is 5.73 Å². The van der Waals surface area contributed by atoms with Crippen LogP contribution in [0.5, 0.6) is 0 Å². The summed E-state index contributed by atoms with van der Waals surface area (Å²) in [6, 6.07) is 0.231. The van der Waals surface area contributed by atoms with Gasteiger partial charge in [-0.3, -0.25) is 0 Å². The standard InChI is InChI=1S/C12H21N3O2/c1-9(13)5-3-6-10-14-11(15-17-10)12(16-2)7-4-8-12/h9H,3-8,13H2,1-2H3. The van der Waals surface area contributed by atoms with Gasteiger partial charge in [-0.25, -0.2) is 0 Å². The fourth-order valence-electron chi connectivity index (χ4n) is 2.13. The van der Waals surface area contributed by atoms with Crippen LogP contribution in [-0.2, 0) is 16.8 Å². The van der Waals surface area contributed by atoms with Crippen LogP contribution in [0.25, 0.3) is 0 Å². The average molecular weight is 239 g/mol. The molecule has 0 saturated heterocycles. The molecule has 0 radical (unpaired) electrons. The summed E-state index contributed by atoms with van der Waals surface area (Å²) in [6.45, 7) is 2.01. The van der Waals surface area contributed by atoms with E-state index in [1.165, 1.54) is 6.42 Å². The number of nitrogens with two attached hydrogens (primary N) is 1. The molecule has 96 valence electrons. The van der Waals surface area contributed by atoms with Crippen LogP contribution < -0.4 is 5.73 Å². The summed E-state index contributed by atoms with van der Waals surface area (Å²) in [5.41, 5.74) is 5.42. The minimum Gasteiger partial charge on any atom is -0.370 e. The first-order valence-corrected chi connectivity index (χ1v) is 6.30. The summed E-state index contributed by atoms with van der Waals surface area (Å²) in [5.74, 6) is 1.41.